The summed E-state index contributed by atoms with van der Waals surface area (Å²) in [6.07, 6.45) is 3.51. The van der Waals surface area contributed by atoms with Gasteiger partial charge in [0, 0.05) is 31.2 Å². The normalized spacial score (nSPS) is 22.5. The largest absolute Gasteiger partial charge is 0.444 e. The zero-order valence-corrected chi connectivity index (χ0v) is 20.6. The maximum Gasteiger partial charge on any atom is 0.410 e. The highest BCUT2D eigenvalue weighted by Gasteiger charge is 2.55. The number of carbonyl (C=O) groups is 2. The Labute approximate surface area is 192 Å². The van der Waals surface area contributed by atoms with Crippen molar-refractivity contribution < 1.29 is 14.3 Å². The van der Waals surface area contributed by atoms with Gasteiger partial charge in [0.05, 0.1) is 12.1 Å². The topological polar surface area (TPSA) is 53.1 Å². The first-order valence-corrected chi connectivity index (χ1v) is 11.9. The van der Waals surface area contributed by atoms with Gasteiger partial charge in [-0.25, -0.2) is 9.59 Å². The van der Waals surface area contributed by atoms with Crippen LogP contribution in [0.3, 0.4) is 0 Å². The molecule has 174 valence electrons. The number of ether oxygens (including phenoxy) is 1. The Bertz CT molecular complexity index is 967. The maximum atomic E-state index is 13.6. The maximum absolute atomic E-state index is 13.6. The van der Waals surface area contributed by atoms with E-state index in [2.05, 4.69) is 45.9 Å². The van der Waals surface area contributed by atoms with Crippen LogP contribution in [-0.2, 0) is 11.3 Å². The zero-order chi connectivity index (χ0) is 23.4. The second-order valence-electron chi connectivity index (χ2n) is 10.6. The second kappa shape index (κ2) is 7.82. The molecule has 3 heterocycles. The predicted octanol–water partition coefficient (Wildman–Crippen LogP) is 5.33. The van der Waals surface area contributed by atoms with Gasteiger partial charge in [-0.15, -0.1) is 0 Å². The summed E-state index contributed by atoms with van der Waals surface area (Å²) in [5, 5.41) is 0. The number of piperidine rings is 1. The number of likely N-dealkylation sites (tertiary alicyclic amines) is 1. The molecule has 2 fully saturated rings. The fourth-order valence-electron chi connectivity index (χ4n) is 5.91. The van der Waals surface area contributed by atoms with Crippen molar-refractivity contribution in [3.05, 3.63) is 46.2 Å². The van der Waals surface area contributed by atoms with E-state index in [0.29, 0.717) is 26.2 Å². The first-order chi connectivity index (χ1) is 15.0. The molecule has 1 spiro atoms. The molecule has 3 aliphatic heterocycles. The highest BCUT2D eigenvalue weighted by Crippen LogP contribution is 2.47. The third-order valence-electron chi connectivity index (χ3n) is 7.11. The van der Waals surface area contributed by atoms with Crippen molar-refractivity contribution in [2.24, 2.45) is 0 Å². The van der Waals surface area contributed by atoms with Crippen molar-refractivity contribution in [1.29, 1.82) is 0 Å². The van der Waals surface area contributed by atoms with Crippen LogP contribution in [0, 0.1) is 13.8 Å². The molecule has 3 amide bonds. The van der Waals surface area contributed by atoms with Gasteiger partial charge in [0.25, 0.3) is 0 Å². The number of rotatable bonds is 1. The minimum atomic E-state index is -0.511. The van der Waals surface area contributed by atoms with E-state index in [1.807, 2.05) is 30.6 Å². The van der Waals surface area contributed by atoms with E-state index >= 15 is 0 Å². The number of benzene rings is 1. The minimum absolute atomic E-state index is 0.0867. The summed E-state index contributed by atoms with van der Waals surface area (Å²) >= 11 is 0. The molecule has 0 radical (unpaired) electrons. The van der Waals surface area contributed by atoms with E-state index in [1.54, 1.807) is 4.90 Å². The van der Waals surface area contributed by atoms with Crippen molar-refractivity contribution in [2.45, 2.75) is 84.9 Å². The van der Waals surface area contributed by atoms with Gasteiger partial charge in [-0.3, -0.25) is 4.90 Å². The Kier molecular flexibility index (Phi) is 5.54. The lowest BCUT2D eigenvalue weighted by Gasteiger charge is -2.44. The molecule has 6 nitrogen and oxygen atoms in total. The van der Waals surface area contributed by atoms with Gasteiger partial charge in [0.1, 0.15) is 5.60 Å². The fourth-order valence-corrected chi connectivity index (χ4v) is 5.91. The molecule has 0 N–H and O–H groups in total. The first kappa shape index (κ1) is 22.7. The SMILES string of the molecule is CCN1C(=O)N2Cc3cc(C)cc(C)c3C(C)C=C2C12CCN(C(=O)OC(C)(C)C)CC2. The number of urea groups is 1. The number of fused-ring (bicyclic) bond motifs is 3. The average Bonchev–Trinajstić information content (AvgIpc) is 2.79. The molecule has 32 heavy (non-hydrogen) atoms. The zero-order valence-electron chi connectivity index (χ0n) is 20.6. The third kappa shape index (κ3) is 3.67. The predicted molar refractivity (Wildman–Crippen MR) is 126 cm³/mol. The summed E-state index contributed by atoms with van der Waals surface area (Å²) in [6, 6.07) is 4.55. The first-order valence-electron chi connectivity index (χ1n) is 11.9. The van der Waals surface area contributed by atoms with Crippen LogP contribution in [0.25, 0.3) is 0 Å². The van der Waals surface area contributed by atoms with Gasteiger partial charge >= 0.3 is 12.1 Å². The standard InChI is InChI=1S/C26H37N3O3/c1-8-29-23(30)28-16-20-14-17(2)13-18(3)22(20)19(4)15-21(28)26(29)9-11-27(12-10-26)24(31)32-25(5,6)7/h13-15,19H,8-12,16H2,1-7H3. The van der Waals surface area contributed by atoms with E-state index in [1.165, 1.54) is 22.3 Å². The Morgan fingerprint density at radius 1 is 1.19 bits per heavy atom. The average molecular weight is 440 g/mol. The van der Waals surface area contributed by atoms with Crippen molar-refractivity contribution in [2.75, 3.05) is 19.6 Å². The molecule has 0 aliphatic carbocycles. The lowest BCUT2D eigenvalue weighted by atomic mass is 9.82. The molecule has 6 heteroatoms. The summed E-state index contributed by atoms with van der Waals surface area (Å²) in [5.41, 5.74) is 5.36. The van der Waals surface area contributed by atoms with E-state index in [-0.39, 0.29) is 23.6 Å². The highest BCUT2D eigenvalue weighted by atomic mass is 16.6. The number of aryl methyl sites for hydroxylation is 2. The van der Waals surface area contributed by atoms with E-state index < -0.39 is 5.60 Å². The summed E-state index contributed by atoms with van der Waals surface area (Å²) in [7, 11) is 0. The number of hydrogen-bond donors (Lipinski definition) is 0. The quantitative estimate of drug-likeness (QED) is 0.594. The minimum Gasteiger partial charge on any atom is -0.444 e. The Morgan fingerprint density at radius 2 is 1.84 bits per heavy atom. The van der Waals surface area contributed by atoms with E-state index in [4.69, 9.17) is 4.74 Å². The molecule has 1 atom stereocenters. The molecule has 4 rings (SSSR count). The molecule has 1 unspecified atom stereocenters. The number of likely N-dealkylation sites (N-methyl/N-ethyl adjacent to an activating group) is 1. The van der Waals surface area contributed by atoms with Crippen LogP contribution >= 0.6 is 0 Å². The molecule has 2 saturated heterocycles. The van der Waals surface area contributed by atoms with Crippen LogP contribution in [0.1, 0.15) is 75.6 Å². The smallest absolute Gasteiger partial charge is 0.410 e. The lowest BCUT2D eigenvalue weighted by Crippen LogP contribution is -2.55. The van der Waals surface area contributed by atoms with Crippen LogP contribution in [0.5, 0.6) is 0 Å². The lowest BCUT2D eigenvalue weighted by molar-refractivity contribution is 0.0113. The number of hydrogen-bond acceptors (Lipinski definition) is 3. The monoisotopic (exact) mass is 439 g/mol. The Morgan fingerprint density at radius 3 is 2.44 bits per heavy atom. The molecular weight excluding hydrogens is 402 g/mol. The van der Waals surface area contributed by atoms with Gasteiger partial charge in [0.15, 0.2) is 0 Å². The molecule has 1 aromatic rings. The van der Waals surface area contributed by atoms with Crippen molar-refractivity contribution in [1.82, 2.24) is 14.7 Å². The van der Waals surface area contributed by atoms with Crippen LogP contribution in [0.15, 0.2) is 23.9 Å². The van der Waals surface area contributed by atoms with Crippen molar-refractivity contribution in [3.63, 3.8) is 0 Å². The number of carbonyl (C=O) groups excluding carboxylic acids is 2. The molecule has 0 bridgehead atoms. The molecule has 0 saturated carbocycles. The van der Waals surface area contributed by atoms with Gasteiger partial charge in [0.2, 0.25) is 0 Å². The number of nitrogens with zero attached hydrogens (tertiary/aromatic N) is 3. The van der Waals surface area contributed by atoms with Crippen LogP contribution in [0.4, 0.5) is 9.59 Å². The van der Waals surface area contributed by atoms with Crippen molar-refractivity contribution >= 4 is 12.1 Å². The third-order valence-corrected chi connectivity index (χ3v) is 7.11. The molecule has 0 aromatic heterocycles. The van der Waals surface area contributed by atoms with Gasteiger partial charge in [-0.05, 0) is 71.1 Å². The van der Waals surface area contributed by atoms with E-state index in [0.717, 1.165) is 18.5 Å². The van der Waals surface area contributed by atoms with Crippen LogP contribution in [0.2, 0.25) is 0 Å². The van der Waals surface area contributed by atoms with Gasteiger partial charge < -0.3 is 14.5 Å². The van der Waals surface area contributed by atoms with Gasteiger partial charge in [-0.2, -0.15) is 0 Å². The van der Waals surface area contributed by atoms with Crippen LogP contribution < -0.4 is 0 Å². The Balaban J connectivity index is 1.67. The summed E-state index contributed by atoms with van der Waals surface area (Å²) in [4.78, 5) is 32.0. The Hall–Kier alpha value is -2.50. The van der Waals surface area contributed by atoms with Crippen molar-refractivity contribution in [3.8, 4) is 0 Å². The second-order valence-corrected chi connectivity index (χ2v) is 10.6. The summed E-state index contributed by atoms with van der Waals surface area (Å²) in [5.74, 6) is 0.232. The van der Waals surface area contributed by atoms with E-state index in [9.17, 15) is 9.59 Å². The highest BCUT2D eigenvalue weighted by molar-refractivity contribution is 5.83. The summed E-state index contributed by atoms with van der Waals surface area (Å²) in [6.45, 7) is 16.7. The number of allylic oxidation sites excluding steroid dienone is 1. The van der Waals surface area contributed by atoms with Gasteiger partial charge in [-0.1, -0.05) is 30.7 Å². The van der Waals surface area contributed by atoms with Crippen LogP contribution in [-0.4, -0.2) is 57.6 Å². The molecular formula is C26H37N3O3. The molecule has 1 aromatic carbocycles. The molecule has 3 aliphatic rings. The number of amides is 3. The summed E-state index contributed by atoms with van der Waals surface area (Å²) < 4.78 is 5.59. The fraction of sp³-hybridized carbons (Fsp3) is 0.615.